The number of thiophene rings is 1. The van der Waals surface area contributed by atoms with Crippen molar-refractivity contribution in [2.75, 3.05) is 36.5 Å². The number of aryl methyl sites for hydroxylation is 3. The lowest BCUT2D eigenvalue weighted by atomic mass is 10.1. The predicted molar refractivity (Wildman–Crippen MR) is 114 cm³/mol. The third kappa shape index (κ3) is 3.59. The van der Waals surface area contributed by atoms with Gasteiger partial charge >= 0.3 is 0 Å². The largest absolute Gasteiger partial charge is 0.378 e. The number of morpholine rings is 1. The molecule has 2 aromatic heterocycles. The van der Waals surface area contributed by atoms with Gasteiger partial charge in [0.15, 0.2) is 0 Å². The zero-order valence-electron chi connectivity index (χ0n) is 16.4. The number of hydrogen-bond acceptors (Lipinski definition) is 6. The molecule has 0 bridgehead atoms. The van der Waals surface area contributed by atoms with Crippen molar-refractivity contribution in [1.29, 1.82) is 0 Å². The van der Waals surface area contributed by atoms with Gasteiger partial charge in [-0.1, -0.05) is 6.92 Å². The Balaban J connectivity index is 1.55. The standard InChI is InChI=1S/C21H24N4O2S/c1-4-17-22-14(3)18-13(2)19(28-21(18)24-17)20(26)23-15-5-7-16(8-6-15)25-9-11-27-12-10-25/h5-8H,4,9-12H2,1-3H3,(H,23,26). The number of anilines is 2. The zero-order valence-corrected chi connectivity index (χ0v) is 17.2. The molecule has 3 heterocycles. The van der Waals surface area contributed by atoms with Crippen molar-refractivity contribution in [3.05, 3.63) is 46.2 Å². The van der Waals surface area contributed by atoms with Gasteiger partial charge in [-0.25, -0.2) is 9.97 Å². The first-order valence-electron chi connectivity index (χ1n) is 9.57. The van der Waals surface area contributed by atoms with E-state index in [9.17, 15) is 4.79 Å². The SMILES string of the molecule is CCc1nc(C)c2c(C)c(C(=O)Nc3ccc(N4CCOCC4)cc3)sc2n1. The number of aromatic nitrogens is 2. The van der Waals surface area contributed by atoms with Crippen molar-refractivity contribution in [2.45, 2.75) is 27.2 Å². The Labute approximate surface area is 168 Å². The number of ether oxygens (including phenoxy) is 1. The fourth-order valence-corrected chi connectivity index (χ4v) is 4.68. The van der Waals surface area contributed by atoms with E-state index in [0.717, 1.165) is 71.4 Å². The van der Waals surface area contributed by atoms with Crippen LogP contribution in [-0.4, -0.2) is 42.2 Å². The lowest BCUT2D eigenvalue weighted by Gasteiger charge is -2.28. The van der Waals surface area contributed by atoms with Gasteiger partial charge in [-0.2, -0.15) is 0 Å². The molecule has 0 radical (unpaired) electrons. The average molecular weight is 397 g/mol. The van der Waals surface area contributed by atoms with Gasteiger partial charge in [0.05, 0.1) is 18.1 Å². The van der Waals surface area contributed by atoms with Crippen LogP contribution in [0.25, 0.3) is 10.2 Å². The van der Waals surface area contributed by atoms with E-state index < -0.39 is 0 Å². The van der Waals surface area contributed by atoms with E-state index in [1.165, 1.54) is 11.3 Å². The number of nitrogens with zero attached hydrogens (tertiary/aromatic N) is 3. The molecule has 1 aliphatic heterocycles. The summed E-state index contributed by atoms with van der Waals surface area (Å²) in [5.74, 6) is 0.717. The predicted octanol–water partition coefficient (Wildman–Crippen LogP) is 3.96. The summed E-state index contributed by atoms with van der Waals surface area (Å²) in [6, 6.07) is 7.99. The van der Waals surface area contributed by atoms with Crippen LogP contribution >= 0.6 is 11.3 Å². The highest BCUT2D eigenvalue weighted by molar-refractivity contribution is 7.20. The molecule has 7 heteroatoms. The minimum Gasteiger partial charge on any atom is -0.378 e. The number of carbonyl (C=O) groups excluding carboxylic acids is 1. The Morgan fingerprint density at radius 2 is 1.89 bits per heavy atom. The van der Waals surface area contributed by atoms with E-state index in [4.69, 9.17) is 4.74 Å². The summed E-state index contributed by atoms with van der Waals surface area (Å²) in [7, 11) is 0. The van der Waals surface area contributed by atoms with E-state index in [1.54, 1.807) is 0 Å². The molecule has 146 valence electrons. The maximum absolute atomic E-state index is 12.9. The fraction of sp³-hybridized carbons (Fsp3) is 0.381. The van der Waals surface area contributed by atoms with Gasteiger partial charge in [0.25, 0.3) is 5.91 Å². The molecule has 1 saturated heterocycles. The summed E-state index contributed by atoms with van der Waals surface area (Å²) in [5, 5.41) is 4.01. The van der Waals surface area contributed by atoms with Crippen LogP contribution in [-0.2, 0) is 11.2 Å². The minimum atomic E-state index is -0.0999. The van der Waals surface area contributed by atoms with Crippen LogP contribution in [0.2, 0.25) is 0 Å². The highest BCUT2D eigenvalue weighted by Crippen LogP contribution is 2.32. The van der Waals surface area contributed by atoms with Gasteiger partial charge in [-0.15, -0.1) is 11.3 Å². The molecule has 0 aliphatic carbocycles. The van der Waals surface area contributed by atoms with E-state index in [1.807, 2.05) is 45.0 Å². The summed E-state index contributed by atoms with van der Waals surface area (Å²) in [6.07, 6.45) is 0.782. The van der Waals surface area contributed by atoms with Gasteiger partial charge in [0.1, 0.15) is 10.7 Å². The third-order valence-electron chi connectivity index (χ3n) is 5.04. The average Bonchev–Trinajstić information content (AvgIpc) is 3.06. The van der Waals surface area contributed by atoms with E-state index >= 15 is 0 Å². The monoisotopic (exact) mass is 396 g/mol. The minimum absolute atomic E-state index is 0.0999. The molecule has 4 rings (SSSR count). The van der Waals surface area contributed by atoms with Crippen LogP contribution in [0.1, 0.15) is 33.7 Å². The molecule has 1 aliphatic rings. The fourth-order valence-electron chi connectivity index (χ4n) is 3.53. The van der Waals surface area contributed by atoms with Crippen molar-refractivity contribution in [1.82, 2.24) is 9.97 Å². The number of hydrogen-bond donors (Lipinski definition) is 1. The van der Waals surface area contributed by atoms with Crippen LogP contribution in [0.3, 0.4) is 0 Å². The highest BCUT2D eigenvalue weighted by Gasteiger charge is 2.19. The molecule has 0 spiro atoms. The highest BCUT2D eigenvalue weighted by atomic mass is 32.1. The first-order valence-corrected chi connectivity index (χ1v) is 10.4. The molecule has 0 atom stereocenters. The van der Waals surface area contributed by atoms with Gasteiger partial charge < -0.3 is 15.0 Å². The molecule has 1 fully saturated rings. The quantitative estimate of drug-likeness (QED) is 0.723. The van der Waals surface area contributed by atoms with Gasteiger partial charge in [-0.3, -0.25) is 4.79 Å². The van der Waals surface area contributed by atoms with E-state index in [0.29, 0.717) is 4.88 Å². The van der Waals surface area contributed by atoms with Gasteiger partial charge in [-0.05, 0) is 43.7 Å². The molecule has 0 saturated carbocycles. The summed E-state index contributed by atoms with van der Waals surface area (Å²) < 4.78 is 5.40. The molecule has 1 N–H and O–H groups in total. The van der Waals surface area contributed by atoms with Crippen LogP contribution in [0.4, 0.5) is 11.4 Å². The lowest BCUT2D eigenvalue weighted by Crippen LogP contribution is -2.36. The summed E-state index contributed by atoms with van der Waals surface area (Å²) in [5.41, 5.74) is 3.82. The number of fused-ring (bicyclic) bond motifs is 1. The third-order valence-corrected chi connectivity index (χ3v) is 6.23. The Kier molecular flexibility index (Phi) is 5.28. The van der Waals surface area contributed by atoms with Gasteiger partial charge in [0.2, 0.25) is 0 Å². The zero-order chi connectivity index (χ0) is 19.7. The Morgan fingerprint density at radius 1 is 1.18 bits per heavy atom. The molecule has 28 heavy (non-hydrogen) atoms. The molecular weight excluding hydrogens is 372 g/mol. The van der Waals surface area contributed by atoms with Crippen molar-refractivity contribution in [3.63, 3.8) is 0 Å². The van der Waals surface area contributed by atoms with Crippen LogP contribution in [0, 0.1) is 13.8 Å². The van der Waals surface area contributed by atoms with Gasteiger partial charge in [0, 0.05) is 42.0 Å². The first-order chi connectivity index (χ1) is 13.6. The van der Waals surface area contributed by atoms with Crippen molar-refractivity contribution in [2.24, 2.45) is 0 Å². The topological polar surface area (TPSA) is 67.4 Å². The van der Waals surface area contributed by atoms with Crippen LogP contribution in [0.15, 0.2) is 24.3 Å². The Morgan fingerprint density at radius 3 is 2.57 bits per heavy atom. The molecule has 0 unspecified atom stereocenters. The van der Waals surface area contributed by atoms with Crippen molar-refractivity contribution in [3.8, 4) is 0 Å². The molecular formula is C21H24N4O2S. The number of carbonyl (C=O) groups is 1. The van der Waals surface area contributed by atoms with Crippen molar-refractivity contribution >= 4 is 38.8 Å². The molecule has 6 nitrogen and oxygen atoms in total. The number of nitrogens with one attached hydrogen (secondary N) is 1. The summed E-state index contributed by atoms with van der Waals surface area (Å²) in [6.45, 7) is 9.29. The smallest absolute Gasteiger partial charge is 0.266 e. The lowest BCUT2D eigenvalue weighted by molar-refractivity contribution is 0.103. The van der Waals surface area contributed by atoms with E-state index in [2.05, 4.69) is 20.2 Å². The number of benzene rings is 1. The summed E-state index contributed by atoms with van der Waals surface area (Å²) >= 11 is 1.44. The normalized spacial score (nSPS) is 14.5. The van der Waals surface area contributed by atoms with Crippen LogP contribution in [0.5, 0.6) is 0 Å². The van der Waals surface area contributed by atoms with E-state index in [-0.39, 0.29) is 5.91 Å². The molecule has 3 aromatic rings. The Bertz CT molecular complexity index is 1010. The van der Waals surface area contributed by atoms with Crippen LogP contribution < -0.4 is 10.2 Å². The maximum atomic E-state index is 12.9. The molecule has 1 amide bonds. The first kappa shape index (κ1) is 18.8. The maximum Gasteiger partial charge on any atom is 0.266 e. The second-order valence-corrected chi connectivity index (χ2v) is 7.91. The second kappa shape index (κ2) is 7.85. The van der Waals surface area contributed by atoms with Crippen molar-refractivity contribution < 1.29 is 9.53 Å². The Hall–Kier alpha value is -2.51. The molecule has 1 aromatic carbocycles. The number of rotatable bonds is 4. The summed E-state index contributed by atoms with van der Waals surface area (Å²) in [4.78, 5) is 25.9. The second-order valence-electron chi connectivity index (χ2n) is 6.92. The number of amides is 1.